The summed E-state index contributed by atoms with van der Waals surface area (Å²) in [5, 5.41) is 0. The van der Waals surface area contributed by atoms with Gasteiger partial charge in [-0.2, -0.15) is 0 Å². The van der Waals surface area contributed by atoms with Crippen molar-refractivity contribution < 1.29 is 26.8 Å². The molecule has 15 heavy (non-hydrogen) atoms. The zero-order valence-electron chi connectivity index (χ0n) is 8.24. The predicted octanol–water partition coefficient (Wildman–Crippen LogP) is -1.42. The average Bonchev–Trinajstić information content (AvgIpc) is 2.15. The normalized spacial score (nSPS) is 13.5. The summed E-state index contributed by atoms with van der Waals surface area (Å²) in [6.45, 7) is -0.490. The third-order valence-electron chi connectivity index (χ3n) is 1.24. The number of hydrogen-bond donors (Lipinski definition) is 0. The molecule has 0 aliphatic rings. The first-order chi connectivity index (χ1) is 6.90. The first-order valence-corrected chi connectivity index (χ1v) is 5.61. The Hall–Kier alpha value is -1.09. The zero-order valence-corrected chi connectivity index (χ0v) is 9.06. The van der Waals surface area contributed by atoms with E-state index in [1.807, 2.05) is 0 Å². The summed E-state index contributed by atoms with van der Waals surface area (Å²) in [7, 11) is -2.18. The van der Waals surface area contributed by atoms with Crippen molar-refractivity contribution in [3.05, 3.63) is 0 Å². The number of carbonyl (C=O) groups is 1. The molecule has 0 heterocycles. The number of carbonyl (C=O) groups excluding carboxylic acids is 1. The van der Waals surface area contributed by atoms with E-state index < -0.39 is 28.7 Å². The van der Waals surface area contributed by atoms with E-state index in [0.717, 1.165) is 19.5 Å². The van der Waals surface area contributed by atoms with E-state index in [4.69, 9.17) is 0 Å². The Balaban J connectivity index is 4.45. The molecule has 0 aliphatic carbocycles. The molecule has 7 nitrogen and oxygen atoms in total. The van der Waals surface area contributed by atoms with Gasteiger partial charge in [0.25, 0.3) is 0 Å². The van der Waals surface area contributed by atoms with Crippen molar-refractivity contribution in [2.45, 2.75) is 6.04 Å². The molecule has 0 saturated heterocycles. The van der Waals surface area contributed by atoms with E-state index >= 15 is 0 Å². The van der Waals surface area contributed by atoms with Crippen LogP contribution in [0.2, 0.25) is 0 Å². The minimum atomic E-state index is -3.66. The Bertz CT molecular complexity index is 351. The quantitative estimate of drug-likeness (QED) is 0.242. The Morgan fingerprint density at radius 3 is 2.60 bits per heavy atom. The van der Waals surface area contributed by atoms with Crippen LogP contribution in [0.25, 0.3) is 0 Å². The topological polar surface area (TPSA) is 99.1 Å². The Kier molecular flexibility index (Phi) is 5.94. The Morgan fingerprint density at radius 1 is 1.60 bits per heavy atom. The third-order valence-corrected chi connectivity index (χ3v) is 1.80. The fraction of sp³-hybridized carbons (Fsp3) is 0.667. The average molecular weight is 235 g/mol. The monoisotopic (exact) mass is 235 g/mol. The van der Waals surface area contributed by atoms with Gasteiger partial charge in [0.2, 0.25) is 0 Å². The van der Waals surface area contributed by atoms with E-state index in [9.17, 15) is 17.9 Å². The standard InChI is InChI=1S/C6H10BNO6S/c1-13-6(9)5(8-4-7-10)3-14-15(2,11)12/h4-5H,3H2,1-2H3/b8-4+. The summed E-state index contributed by atoms with van der Waals surface area (Å²) in [6, 6.07) is -1.16. The van der Waals surface area contributed by atoms with Crippen molar-refractivity contribution in [1.82, 2.24) is 0 Å². The van der Waals surface area contributed by atoms with Gasteiger partial charge in [0.15, 0.2) is 0 Å². The number of nitrogens with zero attached hydrogens (tertiary/aromatic N) is 1. The van der Waals surface area contributed by atoms with Crippen LogP contribution in [-0.4, -0.2) is 53.7 Å². The maximum atomic E-state index is 11.0. The molecule has 0 aromatic rings. The van der Waals surface area contributed by atoms with E-state index in [-0.39, 0.29) is 0 Å². The van der Waals surface area contributed by atoms with Crippen LogP contribution in [-0.2, 0) is 28.5 Å². The molecular weight excluding hydrogens is 225 g/mol. The summed E-state index contributed by atoms with van der Waals surface area (Å²) < 4.78 is 39.9. The van der Waals surface area contributed by atoms with Crippen molar-refractivity contribution in [2.24, 2.45) is 4.99 Å². The van der Waals surface area contributed by atoms with Gasteiger partial charge >= 0.3 is 87.2 Å². The number of hydrogen-bond acceptors (Lipinski definition) is 7. The van der Waals surface area contributed by atoms with E-state index in [1.54, 1.807) is 0 Å². The molecule has 0 radical (unpaired) electrons. The molecule has 9 heteroatoms. The van der Waals surface area contributed by atoms with Gasteiger partial charge in [-0.15, -0.1) is 0 Å². The van der Waals surface area contributed by atoms with E-state index in [2.05, 4.69) is 13.9 Å². The van der Waals surface area contributed by atoms with Crippen LogP contribution in [0.1, 0.15) is 0 Å². The third kappa shape index (κ3) is 6.92. The van der Waals surface area contributed by atoms with Crippen LogP contribution in [0.3, 0.4) is 0 Å². The number of ether oxygens (including phenoxy) is 1. The second-order valence-corrected chi connectivity index (χ2v) is 4.11. The summed E-state index contributed by atoms with van der Waals surface area (Å²) in [5.41, 5.74) is 0. The van der Waals surface area contributed by atoms with Crippen LogP contribution < -0.4 is 0 Å². The first-order valence-electron chi connectivity index (χ1n) is 3.80. The molecule has 0 rings (SSSR count). The maximum absolute atomic E-state index is 11.0. The molecule has 0 spiro atoms. The molecule has 0 fully saturated rings. The number of rotatable bonds is 6. The fourth-order valence-corrected chi connectivity index (χ4v) is 1.01. The van der Waals surface area contributed by atoms with Gasteiger partial charge in [-0.1, -0.05) is 0 Å². The Morgan fingerprint density at radius 2 is 2.20 bits per heavy atom. The molecule has 0 saturated carbocycles. The molecule has 84 valence electrons. The van der Waals surface area contributed by atoms with Crippen LogP contribution in [0.5, 0.6) is 0 Å². The van der Waals surface area contributed by atoms with Gasteiger partial charge in [0.1, 0.15) is 0 Å². The van der Waals surface area contributed by atoms with Gasteiger partial charge in [0.05, 0.1) is 0 Å². The summed E-state index contributed by atoms with van der Waals surface area (Å²) in [6.07, 6.45) is 1.66. The fourth-order valence-electron chi connectivity index (χ4n) is 0.635. The molecule has 0 aromatic heterocycles. The van der Waals surface area contributed by atoms with Crippen molar-refractivity contribution in [3.63, 3.8) is 0 Å². The van der Waals surface area contributed by atoms with Crippen molar-refractivity contribution in [2.75, 3.05) is 20.0 Å². The van der Waals surface area contributed by atoms with Gasteiger partial charge in [0, 0.05) is 0 Å². The number of aliphatic imine (C=N–C) groups is 1. The summed E-state index contributed by atoms with van der Waals surface area (Å²) in [5.74, 6) is -0.781. The summed E-state index contributed by atoms with van der Waals surface area (Å²) >= 11 is 0. The molecule has 0 aliphatic heterocycles. The molecule has 0 amide bonds. The SMILES string of the molecule is COC(=O)C(COS(C)(=O)=O)/N=C/B=O. The summed E-state index contributed by atoms with van der Waals surface area (Å²) in [4.78, 5) is 14.5. The van der Waals surface area contributed by atoms with Crippen LogP contribution in [0.4, 0.5) is 0 Å². The zero-order chi connectivity index (χ0) is 11.9. The molecule has 0 aromatic carbocycles. The van der Waals surface area contributed by atoms with Crippen LogP contribution in [0, 0.1) is 0 Å². The van der Waals surface area contributed by atoms with Crippen LogP contribution in [0.15, 0.2) is 4.99 Å². The number of esters is 1. The minimum absolute atomic E-state index is 0.358. The van der Waals surface area contributed by atoms with Gasteiger partial charge < -0.3 is 0 Å². The van der Waals surface area contributed by atoms with Crippen molar-refractivity contribution >= 4 is 29.4 Å². The second-order valence-electron chi connectivity index (χ2n) is 2.46. The molecule has 1 unspecified atom stereocenters. The van der Waals surface area contributed by atoms with Gasteiger partial charge in [-0.25, -0.2) is 0 Å². The van der Waals surface area contributed by atoms with Gasteiger partial charge in [-0.05, 0) is 0 Å². The van der Waals surface area contributed by atoms with Crippen molar-refractivity contribution in [3.8, 4) is 0 Å². The Labute approximate surface area is 87.8 Å². The van der Waals surface area contributed by atoms with Crippen molar-refractivity contribution in [1.29, 1.82) is 0 Å². The van der Waals surface area contributed by atoms with E-state index in [0.29, 0.717) is 7.15 Å². The molecular formula is C6H10BNO6S. The number of methoxy groups -OCH3 is 1. The molecule has 1 atom stereocenters. The van der Waals surface area contributed by atoms with E-state index in [1.165, 1.54) is 0 Å². The molecule has 0 bridgehead atoms. The predicted molar refractivity (Wildman–Crippen MR) is 51.5 cm³/mol. The molecule has 0 N–H and O–H groups in total. The second kappa shape index (κ2) is 6.41. The van der Waals surface area contributed by atoms with Crippen LogP contribution >= 0.6 is 0 Å². The van der Waals surface area contributed by atoms with Gasteiger partial charge in [-0.3, -0.25) is 0 Å². The first kappa shape index (κ1) is 13.9.